The number of hydrogen-bond acceptors (Lipinski definition) is 2. The van der Waals surface area contributed by atoms with Crippen molar-refractivity contribution >= 4 is 5.97 Å². The maximum atomic E-state index is 12.5. The van der Waals surface area contributed by atoms with Crippen LogP contribution in [0, 0.1) is 152 Å². The molecule has 2 nitrogen and oxygen atoms in total. The number of ether oxygens (including phenoxy) is 1. The molecule has 18 aromatic carbocycles. The first-order valence-corrected chi connectivity index (χ1v) is 53.7. The molecule has 20 rings (SSSR count). The quantitative estimate of drug-likeness (QED) is 0.0712. The average molecular weight is 1960 g/mol. The number of esters is 1. The van der Waals surface area contributed by atoms with Gasteiger partial charge in [0, 0.05) is 38.4 Å². The lowest BCUT2D eigenvalue weighted by molar-refractivity contribution is 0.0251. The number of hydrogen-bond donors (Lipinski definition) is 0. The van der Waals surface area contributed by atoms with Gasteiger partial charge in [0.25, 0.3) is 0 Å². The summed E-state index contributed by atoms with van der Waals surface area (Å²) in [7, 11) is 0. The van der Waals surface area contributed by atoms with E-state index < -0.39 is 5.60 Å². The summed E-state index contributed by atoms with van der Waals surface area (Å²) in [6.07, 6.45) is 6.67. The molecule has 0 saturated heterocycles. The summed E-state index contributed by atoms with van der Waals surface area (Å²) in [4.78, 5) is 12.5. The molecule has 0 unspecified atom stereocenters. The summed E-state index contributed by atoms with van der Waals surface area (Å²) in [5, 5.41) is 0. The normalized spacial score (nSPS) is 12.8. The van der Waals surface area contributed by atoms with E-state index >= 15 is 0 Å². The Morgan fingerprint density at radius 3 is 0.711 bits per heavy atom. The smallest absolute Gasteiger partial charge is 0.340 e. The van der Waals surface area contributed by atoms with Crippen LogP contribution in [0.3, 0.4) is 0 Å². The minimum Gasteiger partial charge on any atom is -0.441 e. The van der Waals surface area contributed by atoms with Crippen LogP contribution in [0.1, 0.15) is 288 Å². The zero-order valence-corrected chi connectivity index (χ0v) is 94.0. The molecule has 1 aliphatic heterocycles. The highest BCUT2D eigenvalue weighted by atomic mass is 16.6. The van der Waals surface area contributed by atoms with Crippen molar-refractivity contribution in [3.8, 4) is 11.1 Å². The van der Waals surface area contributed by atoms with Gasteiger partial charge in [-0.2, -0.15) is 0 Å². The van der Waals surface area contributed by atoms with E-state index in [0.29, 0.717) is 5.56 Å². The molecule has 0 bridgehead atoms. The molecule has 0 amide bonds. The Labute approximate surface area is 895 Å². The van der Waals surface area contributed by atoms with Crippen molar-refractivity contribution in [1.82, 2.24) is 0 Å². The van der Waals surface area contributed by atoms with Gasteiger partial charge < -0.3 is 4.74 Å². The largest absolute Gasteiger partial charge is 0.441 e. The lowest BCUT2D eigenvalue weighted by atomic mass is 9.65. The van der Waals surface area contributed by atoms with E-state index in [2.05, 4.69) is 545 Å². The topological polar surface area (TPSA) is 26.3 Å². The maximum absolute atomic E-state index is 12.5. The highest BCUT2D eigenvalue weighted by Gasteiger charge is 2.49. The second kappa shape index (κ2) is 48.2. The zero-order valence-electron chi connectivity index (χ0n) is 94.0. The third-order valence-corrected chi connectivity index (χ3v) is 32.6. The van der Waals surface area contributed by atoms with Gasteiger partial charge in [-0.05, 0) is 328 Å². The van der Waals surface area contributed by atoms with Gasteiger partial charge in [-0.3, -0.25) is 0 Å². The van der Waals surface area contributed by atoms with Gasteiger partial charge in [0.15, 0.2) is 5.60 Å². The van der Waals surface area contributed by atoms with E-state index in [-0.39, 0.29) is 33.0 Å². The molecule has 2 heteroatoms. The first kappa shape index (κ1) is 110. The third-order valence-electron chi connectivity index (χ3n) is 32.6. The Hall–Kier alpha value is -14.6. The molecule has 1 aliphatic carbocycles. The predicted molar refractivity (Wildman–Crippen MR) is 637 cm³/mol. The van der Waals surface area contributed by atoms with Crippen LogP contribution in [-0.4, -0.2) is 5.97 Å². The lowest BCUT2D eigenvalue weighted by Crippen LogP contribution is -2.31. The number of benzene rings is 18. The third kappa shape index (κ3) is 25.0. The van der Waals surface area contributed by atoms with Crippen molar-refractivity contribution in [2.24, 2.45) is 0 Å². The number of fused-ring (bicyclic) bond motifs is 1. The second-order valence-electron chi connectivity index (χ2n) is 44.1. The van der Waals surface area contributed by atoms with Crippen LogP contribution in [0.4, 0.5) is 0 Å². The molecule has 1 fully saturated rings. The number of aryl methyl sites for hydroxylation is 18. The molecule has 0 aromatic heterocycles. The van der Waals surface area contributed by atoms with Crippen LogP contribution < -0.4 is 0 Å². The van der Waals surface area contributed by atoms with Crippen LogP contribution in [0.25, 0.3) is 11.1 Å². The second-order valence-corrected chi connectivity index (χ2v) is 44.1. The summed E-state index contributed by atoms with van der Waals surface area (Å²) in [6.45, 7) is 59.2. The molecular weight excluding hydrogens is 1800 g/mol. The van der Waals surface area contributed by atoms with Gasteiger partial charge in [-0.25, -0.2) is 4.79 Å². The Kier molecular flexibility index (Phi) is 35.6. The molecule has 149 heavy (non-hydrogen) atoms. The van der Waals surface area contributed by atoms with Crippen molar-refractivity contribution in [3.63, 3.8) is 0 Å². The van der Waals surface area contributed by atoms with E-state index in [1.807, 2.05) is 48.5 Å². The summed E-state index contributed by atoms with van der Waals surface area (Å²) in [5.74, 6) is -0.272. The van der Waals surface area contributed by atoms with Crippen LogP contribution in [0.15, 0.2) is 406 Å². The van der Waals surface area contributed by atoms with Gasteiger partial charge in [-0.15, -0.1) is 0 Å². The van der Waals surface area contributed by atoms with Crippen LogP contribution in [0.5, 0.6) is 0 Å². The van der Waals surface area contributed by atoms with Crippen LogP contribution in [-0.2, 0) is 37.4 Å². The predicted octanol–water partition coefficient (Wildman–Crippen LogP) is 38.4. The Balaban J connectivity index is 0.000000138. The standard InChI is InChI=1S/C27H24.C22H18O2.C22H22.C21H28.C20H24.C18H22.C17H20/c1-21-13-17-25(18-14-21)27(23-9-5-3-6-10-23,24-11-7-4-8-12-24)26-19-15-22(2)16-20-26;1-15-7-11-17(12-8-15)22(18-13-9-16(2)10-14-18)20-6-4-3-5-19(20)21(23)24-22;1-17-9-13-20(14-10-17)22(3,19-7-5-4-6-8-19)21-15-11-18(2)12-16-21;1-13-9-19(10-14(2)17(13)5)21(7,8)20-11-15(3)18(6)16(4)12-20;1-16-6-10-18(11-7-16)20(14-4-3-5-15-20)19-12-8-17(2)9-13-19;1-11-7-17(8-12(2)15(11)5)18-9-13(3)16(6)14(4)10-18;1-13-5-9-15(10-6-13)17(3,4)16-11-7-14(2)8-12-16/h3-20H,1-2H3;3-14H,1-2H3;4-16H,1-3H3;9-12H,1-8H3;6-13H,3-5,14-15H2,1-2H3;7-10H,1-6H3;5-12H,1-4H3. The molecular formula is C147H158O2. The molecule has 0 N–H and O–H groups in total. The first-order valence-electron chi connectivity index (χ1n) is 53.7. The number of rotatable bonds is 16. The van der Waals surface area contributed by atoms with Crippen molar-refractivity contribution in [2.75, 3.05) is 0 Å². The van der Waals surface area contributed by atoms with E-state index in [1.165, 1.54) is 238 Å². The van der Waals surface area contributed by atoms with Crippen molar-refractivity contribution in [3.05, 3.63) is 623 Å². The minimum absolute atomic E-state index is 0.0342. The lowest BCUT2D eigenvalue weighted by Gasteiger charge is -2.38. The molecule has 0 radical (unpaired) electrons. The van der Waals surface area contributed by atoms with E-state index in [0.717, 1.165) is 16.7 Å². The molecule has 18 aromatic rings. The molecule has 1 saturated carbocycles. The Morgan fingerprint density at radius 1 is 0.208 bits per heavy atom. The van der Waals surface area contributed by atoms with Crippen molar-refractivity contribution < 1.29 is 9.53 Å². The fourth-order valence-electron chi connectivity index (χ4n) is 21.5. The van der Waals surface area contributed by atoms with Gasteiger partial charge in [0.1, 0.15) is 0 Å². The SMILES string of the molecule is Cc1cc(-c2cc(C)c(C)c(C)c2)cc(C)c1C.Cc1cc(C(C)(C)c2cc(C)c(C)c(C)c2)cc(C)c1C.Cc1ccc(C(C)(C)c2ccc(C)cc2)cc1.Cc1ccc(C(C)(c2ccccc2)c2ccc(C)cc2)cc1.Cc1ccc(C(c2ccccc2)(c2ccccc2)c2ccc(C)cc2)cc1.Cc1ccc(C2(c3ccc(C)cc3)CCCCC2)cc1.Cc1ccc(C2(c3ccc(C)cc3)OC(=O)c3ccccc32)cc1. The number of carbonyl (C=O) groups is 1. The van der Waals surface area contributed by atoms with Crippen LogP contribution in [0.2, 0.25) is 0 Å². The van der Waals surface area contributed by atoms with Gasteiger partial charge in [0.2, 0.25) is 0 Å². The first-order chi connectivity index (χ1) is 71.2. The Bertz CT molecular complexity index is 7020. The fraction of sp³-hybridized carbons (Fsp3) is 0.259. The van der Waals surface area contributed by atoms with Gasteiger partial charge in [0.05, 0.1) is 11.0 Å². The summed E-state index contributed by atoms with van der Waals surface area (Å²) >= 11 is 0. The van der Waals surface area contributed by atoms with E-state index in [1.54, 1.807) is 0 Å². The average Bonchev–Trinajstić information content (AvgIpc) is 1.45. The zero-order chi connectivity index (χ0) is 107. The molecule has 0 atom stereocenters. The van der Waals surface area contributed by atoms with Crippen LogP contribution >= 0.6 is 0 Å². The molecule has 2 aliphatic rings. The number of carbonyl (C=O) groups excluding carboxylic acids is 1. The highest BCUT2D eigenvalue weighted by molar-refractivity contribution is 5.96. The highest BCUT2D eigenvalue weighted by Crippen LogP contribution is 2.51. The summed E-state index contributed by atoms with van der Waals surface area (Å²) in [5.41, 5.74) is 52.3. The van der Waals surface area contributed by atoms with Crippen molar-refractivity contribution in [2.45, 2.75) is 252 Å². The fourth-order valence-corrected chi connectivity index (χ4v) is 21.5. The summed E-state index contributed by atoms with van der Waals surface area (Å²) < 4.78 is 6.03. The van der Waals surface area contributed by atoms with Crippen molar-refractivity contribution in [1.29, 1.82) is 0 Å². The Morgan fingerprint density at radius 2 is 0.423 bits per heavy atom. The van der Waals surface area contributed by atoms with Gasteiger partial charge in [-0.1, -0.05) is 503 Å². The number of cyclic esters (lactones) is 1. The monoisotopic (exact) mass is 1960 g/mol. The van der Waals surface area contributed by atoms with E-state index in [4.69, 9.17) is 4.74 Å². The van der Waals surface area contributed by atoms with Gasteiger partial charge >= 0.3 is 5.97 Å². The van der Waals surface area contributed by atoms with E-state index in [9.17, 15) is 4.79 Å². The molecule has 1 heterocycles. The maximum Gasteiger partial charge on any atom is 0.340 e. The molecule has 758 valence electrons. The minimum atomic E-state index is -0.880. The molecule has 0 spiro atoms. The summed E-state index contributed by atoms with van der Waals surface area (Å²) in [6, 6.07) is 147.